The number of nitrogens with two attached hydrogens (primary N) is 1. The summed E-state index contributed by atoms with van der Waals surface area (Å²) in [4.78, 5) is 14.6. The second-order valence-corrected chi connectivity index (χ2v) is 6.64. The number of halogens is 1. The normalized spacial score (nSPS) is 37.0. The van der Waals surface area contributed by atoms with Crippen LogP contribution in [0.25, 0.3) is 0 Å². The third-order valence-corrected chi connectivity index (χ3v) is 5.51. The van der Waals surface area contributed by atoms with Gasteiger partial charge in [-0.15, -0.1) is 0 Å². The highest BCUT2D eigenvalue weighted by Crippen LogP contribution is 2.51. The molecule has 0 aromatic rings. The second kappa shape index (κ2) is 4.30. The van der Waals surface area contributed by atoms with E-state index in [0.29, 0.717) is 24.8 Å². The van der Waals surface area contributed by atoms with Gasteiger partial charge in [-0.25, -0.2) is 4.39 Å². The van der Waals surface area contributed by atoms with Crippen molar-refractivity contribution in [1.29, 1.82) is 0 Å². The van der Waals surface area contributed by atoms with Crippen LogP contribution in [0.4, 0.5) is 4.39 Å². The zero-order valence-electron chi connectivity index (χ0n) is 11.6. The molecule has 3 rings (SSSR count). The first-order chi connectivity index (χ1) is 8.97. The van der Waals surface area contributed by atoms with E-state index >= 15 is 0 Å². The molecule has 0 bridgehead atoms. The molecule has 2 saturated carbocycles. The predicted molar refractivity (Wildman–Crippen MR) is 71.9 cm³/mol. The fraction of sp³-hybridized carbons (Fsp3) is 0.800. The van der Waals surface area contributed by atoms with E-state index in [1.165, 1.54) is 0 Å². The number of piperidine rings is 1. The first kappa shape index (κ1) is 13.1. The summed E-state index contributed by atoms with van der Waals surface area (Å²) in [5.41, 5.74) is 5.39. The molecular formula is C15H23FN2O. The monoisotopic (exact) mass is 266 g/mol. The van der Waals surface area contributed by atoms with Crippen molar-refractivity contribution in [2.45, 2.75) is 63.6 Å². The van der Waals surface area contributed by atoms with Crippen molar-refractivity contribution in [3.05, 3.63) is 12.4 Å². The molecule has 0 aromatic heterocycles. The van der Waals surface area contributed by atoms with Crippen molar-refractivity contribution in [3.8, 4) is 0 Å². The number of fused-ring (bicyclic) bond motifs is 1. The summed E-state index contributed by atoms with van der Waals surface area (Å²) in [6, 6.07) is -0.122. The van der Waals surface area contributed by atoms with Crippen molar-refractivity contribution in [2.24, 2.45) is 17.1 Å². The maximum absolute atomic E-state index is 13.9. The first-order valence-corrected chi connectivity index (χ1v) is 7.40. The van der Waals surface area contributed by atoms with E-state index in [-0.39, 0.29) is 11.9 Å². The van der Waals surface area contributed by atoms with Crippen LogP contribution in [0.1, 0.15) is 45.4 Å². The molecule has 106 valence electrons. The number of hydrogen-bond acceptors (Lipinski definition) is 2. The minimum atomic E-state index is -0.802. The van der Waals surface area contributed by atoms with Gasteiger partial charge in [0.15, 0.2) is 0 Å². The van der Waals surface area contributed by atoms with Gasteiger partial charge in [-0.3, -0.25) is 4.79 Å². The number of amides is 1. The van der Waals surface area contributed by atoms with Gasteiger partial charge in [0.2, 0.25) is 5.91 Å². The summed E-state index contributed by atoms with van der Waals surface area (Å²) in [5, 5.41) is 0. The highest BCUT2D eigenvalue weighted by Gasteiger charge is 2.56. The summed E-state index contributed by atoms with van der Waals surface area (Å²) in [7, 11) is 0. The molecule has 0 aromatic carbocycles. The minimum Gasteiger partial charge on any atom is -0.335 e. The lowest BCUT2D eigenvalue weighted by Gasteiger charge is -2.36. The number of hydrogen-bond donors (Lipinski definition) is 1. The molecule has 2 unspecified atom stereocenters. The van der Waals surface area contributed by atoms with Gasteiger partial charge >= 0.3 is 0 Å². The Bertz CT molecular complexity index is 414. The van der Waals surface area contributed by atoms with Crippen LogP contribution in [0.5, 0.6) is 0 Å². The molecule has 1 heterocycles. The summed E-state index contributed by atoms with van der Waals surface area (Å²) >= 11 is 0. The van der Waals surface area contributed by atoms with Crippen LogP contribution in [0.3, 0.4) is 0 Å². The molecule has 2 aliphatic carbocycles. The molecule has 0 radical (unpaired) electrons. The summed E-state index contributed by atoms with van der Waals surface area (Å²) in [5.74, 6) is 0.211. The fourth-order valence-corrected chi connectivity index (χ4v) is 4.24. The van der Waals surface area contributed by atoms with Gasteiger partial charge in [0.25, 0.3) is 0 Å². The fourth-order valence-electron chi connectivity index (χ4n) is 4.24. The van der Waals surface area contributed by atoms with Gasteiger partial charge in [0.05, 0.1) is 6.04 Å². The van der Waals surface area contributed by atoms with Crippen LogP contribution in [0.2, 0.25) is 0 Å². The lowest BCUT2D eigenvalue weighted by Crippen LogP contribution is -2.54. The van der Waals surface area contributed by atoms with E-state index in [2.05, 4.69) is 13.5 Å². The second-order valence-electron chi connectivity index (χ2n) is 6.64. The lowest BCUT2D eigenvalue weighted by atomic mass is 9.77. The molecule has 2 N–H and O–H groups in total. The highest BCUT2D eigenvalue weighted by atomic mass is 19.1. The molecule has 0 spiro atoms. The topological polar surface area (TPSA) is 46.3 Å². The Kier molecular flexibility index (Phi) is 2.97. The van der Waals surface area contributed by atoms with Crippen molar-refractivity contribution in [2.75, 3.05) is 0 Å². The lowest BCUT2D eigenvalue weighted by molar-refractivity contribution is -0.137. The molecule has 1 saturated heterocycles. The Morgan fingerprint density at radius 1 is 1.42 bits per heavy atom. The SMILES string of the molecule is C=C(F)C1(C(N)C(=O)N2C3C[C@H]3C[C@H]2C)CCCC1. The number of carbonyl (C=O) groups excluding carboxylic acids is 1. The van der Waals surface area contributed by atoms with Crippen molar-refractivity contribution in [3.63, 3.8) is 0 Å². The largest absolute Gasteiger partial charge is 0.335 e. The molecule has 4 heteroatoms. The Labute approximate surface area is 114 Å². The molecule has 3 nitrogen and oxygen atoms in total. The van der Waals surface area contributed by atoms with E-state index in [1.807, 2.05) is 4.90 Å². The number of likely N-dealkylation sites (tertiary alicyclic amines) is 1. The van der Waals surface area contributed by atoms with E-state index in [1.54, 1.807) is 0 Å². The number of carbonyl (C=O) groups is 1. The van der Waals surface area contributed by atoms with Crippen LogP contribution in [-0.4, -0.2) is 28.9 Å². The molecule has 1 aliphatic heterocycles. The Morgan fingerprint density at radius 2 is 2.05 bits per heavy atom. The van der Waals surface area contributed by atoms with Gasteiger partial charge in [-0.05, 0) is 38.5 Å². The Hall–Kier alpha value is -0.900. The molecular weight excluding hydrogens is 243 g/mol. The molecule has 1 amide bonds. The van der Waals surface area contributed by atoms with Crippen LogP contribution < -0.4 is 5.73 Å². The van der Waals surface area contributed by atoms with Crippen LogP contribution in [0.15, 0.2) is 12.4 Å². The van der Waals surface area contributed by atoms with Crippen LogP contribution >= 0.6 is 0 Å². The third kappa shape index (κ3) is 1.83. The zero-order chi connectivity index (χ0) is 13.8. The Morgan fingerprint density at radius 3 is 2.53 bits per heavy atom. The average molecular weight is 266 g/mol. The van der Waals surface area contributed by atoms with E-state index in [9.17, 15) is 9.18 Å². The van der Waals surface area contributed by atoms with Gasteiger partial charge in [-0.2, -0.15) is 0 Å². The molecule has 3 aliphatic rings. The highest BCUT2D eigenvalue weighted by molar-refractivity contribution is 5.84. The average Bonchev–Trinajstić information content (AvgIpc) is 2.83. The maximum Gasteiger partial charge on any atom is 0.240 e. The van der Waals surface area contributed by atoms with Gasteiger partial charge in [-0.1, -0.05) is 19.4 Å². The van der Waals surface area contributed by atoms with Crippen molar-refractivity contribution in [1.82, 2.24) is 4.90 Å². The van der Waals surface area contributed by atoms with Crippen LogP contribution in [0, 0.1) is 11.3 Å². The van der Waals surface area contributed by atoms with E-state index in [4.69, 9.17) is 5.73 Å². The predicted octanol–water partition coefficient (Wildman–Crippen LogP) is 2.37. The Balaban J connectivity index is 1.80. The van der Waals surface area contributed by atoms with E-state index in [0.717, 1.165) is 25.7 Å². The van der Waals surface area contributed by atoms with Crippen molar-refractivity contribution < 1.29 is 9.18 Å². The van der Waals surface area contributed by atoms with Gasteiger partial charge < -0.3 is 10.6 Å². The smallest absolute Gasteiger partial charge is 0.240 e. The quantitative estimate of drug-likeness (QED) is 0.852. The standard InChI is InChI=1S/C15H23FN2O/c1-9-7-11-8-12(11)18(9)14(19)13(17)15(10(2)16)5-3-4-6-15/h9,11-13H,2-8,17H2,1H3/t9-,11-,12?,13?/m1/s1. The number of nitrogens with zero attached hydrogens (tertiary/aromatic N) is 1. The number of rotatable bonds is 3. The summed E-state index contributed by atoms with van der Waals surface area (Å²) in [6.07, 6.45) is 5.37. The molecule has 3 fully saturated rings. The minimum absolute atomic E-state index is 0.0572. The molecule has 19 heavy (non-hydrogen) atoms. The van der Waals surface area contributed by atoms with Gasteiger partial charge in [0.1, 0.15) is 5.83 Å². The third-order valence-electron chi connectivity index (χ3n) is 5.51. The van der Waals surface area contributed by atoms with Gasteiger partial charge in [0, 0.05) is 17.5 Å². The zero-order valence-corrected chi connectivity index (χ0v) is 11.6. The summed E-state index contributed by atoms with van der Waals surface area (Å²) in [6.45, 7) is 5.54. The van der Waals surface area contributed by atoms with E-state index < -0.39 is 17.3 Å². The summed E-state index contributed by atoms with van der Waals surface area (Å²) < 4.78 is 13.9. The molecule has 4 atom stereocenters. The first-order valence-electron chi connectivity index (χ1n) is 7.40. The maximum atomic E-state index is 13.9. The van der Waals surface area contributed by atoms with Crippen molar-refractivity contribution >= 4 is 5.91 Å². The van der Waals surface area contributed by atoms with Crippen LogP contribution in [-0.2, 0) is 4.79 Å².